The molecule has 5 rings (SSSR count). The summed E-state index contributed by atoms with van der Waals surface area (Å²) in [6.07, 6.45) is 4.71. The summed E-state index contributed by atoms with van der Waals surface area (Å²) in [5, 5.41) is 2.91. The van der Waals surface area contributed by atoms with Crippen LogP contribution in [0.2, 0.25) is 0 Å². The maximum Gasteiger partial charge on any atom is 0.268 e. The fourth-order valence-electron chi connectivity index (χ4n) is 4.55. The van der Waals surface area contributed by atoms with Gasteiger partial charge in [-0.15, -0.1) is 0 Å². The SMILES string of the molecule is O=C(Nc1cc2c(c3c1C(=O)N(c1ccccc1)C3=O)CCCCC2)c1ccccc1. The zero-order valence-corrected chi connectivity index (χ0v) is 17.1. The van der Waals surface area contributed by atoms with E-state index in [-0.39, 0.29) is 17.7 Å². The Morgan fingerprint density at radius 1 is 0.774 bits per heavy atom. The molecule has 3 aromatic rings. The lowest BCUT2D eigenvalue weighted by molar-refractivity contribution is 0.0925. The molecule has 5 nitrogen and oxygen atoms in total. The first-order valence-corrected chi connectivity index (χ1v) is 10.6. The third-order valence-corrected chi connectivity index (χ3v) is 6.03. The van der Waals surface area contributed by atoms with Crippen LogP contribution in [0.5, 0.6) is 0 Å². The van der Waals surface area contributed by atoms with E-state index in [1.807, 2.05) is 18.2 Å². The van der Waals surface area contributed by atoms with Crippen molar-refractivity contribution in [1.82, 2.24) is 0 Å². The summed E-state index contributed by atoms with van der Waals surface area (Å²) in [6.45, 7) is 0. The number of benzene rings is 3. The van der Waals surface area contributed by atoms with Crippen molar-refractivity contribution in [3.05, 3.63) is 94.5 Å². The largest absolute Gasteiger partial charge is 0.321 e. The van der Waals surface area contributed by atoms with E-state index in [1.165, 1.54) is 4.90 Å². The molecule has 154 valence electrons. The van der Waals surface area contributed by atoms with Crippen molar-refractivity contribution >= 4 is 29.1 Å². The van der Waals surface area contributed by atoms with Gasteiger partial charge in [0.1, 0.15) is 0 Å². The maximum absolute atomic E-state index is 13.5. The van der Waals surface area contributed by atoms with Gasteiger partial charge in [0.05, 0.1) is 22.5 Å². The highest BCUT2D eigenvalue weighted by molar-refractivity contribution is 6.37. The second-order valence-electron chi connectivity index (χ2n) is 7.97. The van der Waals surface area contributed by atoms with Crippen LogP contribution in [0.4, 0.5) is 11.4 Å². The second-order valence-corrected chi connectivity index (χ2v) is 7.97. The summed E-state index contributed by atoms with van der Waals surface area (Å²) in [6, 6.07) is 19.7. The Bertz CT molecular complexity index is 1190. The zero-order valence-electron chi connectivity index (χ0n) is 17.1. The summed E-state index contributed by atoms with van der Waals surface area (Å²) >= 11 is 0. The van der Waals surface area contributed by atoms with E-state index in [2.05, 4.69) is 5.32 Å². The number of imide groups is 1. The van der Waals surface area contributed by atoms with Gasteiger partial charge in [-0.05, 0) is 67.1 Å². The number of rotatable bonds is 3. The topological polar surface area (TPSA) is 66.5 Å². The van der Waals surface area contributed by atoms with Crippen molar-refractivity contribution in [1.29, 1.82) is 0 Å². The highest BCUT2D eigenvalue weighted by Crippen LogP contribution is 2.39. The zero-order chi connectivity index (χ0) is 21.4. The molecule has 1 N–H and O–H groups in total. The highest BCUT2D eigenvalue weighted by Gasteiger charge is 2.41. The smallest absolute Gasteiger partial charge is 0.268 e. The quantitative estimate of drug-likeness (QED) is 0.488. The normalized spacial score (nSPS) is 15.3. The number of para-hydroxylation sites is 1. The monoisotopic (exact) mass is 410 g/mol. The number of amides is 3. The molecule has 5 heteroatoms. The van der Waals surface area contributed by atoms with Crippen molar-refractivity contribution in [2.45, 2.75) is 32.1 Å². The van der Waals surface area contributed by atoms with Crippen LogP contribution in [0.15, 0.2) is 66.7 Å². The third kappa shape index (κ3) is 3.32. The molecule has 31 heavy (non-hydrogen) atoms. The Kier molecular flexibility index (Phi) is 4.86. The van der Waals surface area contributed by atoms with E-state index in [0.717, 1.165) is 43.2 Å². The molecule has 0 spiro atoms. The molecule has 3 aromatic carbocycles. The third-order valence-electron chi connectivity index (χ3n) is 6.03. The number of fused-ring (bicyclic) bond motifs is 3. The molecule has 0 aromatic heterocycles. The maximum atomic E-state index is 13.5. The van der Waals surface area contributed by atoms with Gasteiger partial charge in [0.25, 0.3) is 17.7 Å². The van der Waals surface area contributed by atoms with Gasteiger partial charge >= 0.3 is 0 Å². The molecule has 0 bridgehead atoms. The molecular formula is C26H22N2O3. The van der Waals surface area contributed by atoms with E-state index in [0.29, 0.717) is 28.1 Å². The van der Waals surface area contributed by atoms with Gasteiger partial charge in [-0.3, -0.25) is 14.4 Å². The average molecular weight is 410 g/mol. The summed E-state index contributed by atoms with van der Waals surface area (Å²) in [5.74, 6) is -0.989. The molecular weight excluding hydrogens is 388 g/mol. The molecule has 2 aliphatic rings. The van der Waals surface area contributed by atoms with E-state index < -0.39 is 0 Å². The first-order valence-electron chi connectivity index (χ1n) is 10.6. The number of nitrogens with one attached hydrogen (secondary N) is 1. The molecule has 0 fully saturated rings. The molecule has 1 aliphatic heterocycles. The van der Waals surface area contributed by atoms with Gasteiger partial charge in [-0.1, -0.05) is 42.8 Å². The number of carbonyl (C=O) groups is 3. The second kappa shape index (κ2) is 7.84. The Morgan fingerprint density at radius 3 is 2.16 bits per heavy atom. The Balaban J connectivity index is 1.64. The van der Waals surface area contributed by atoms with Crippen molar-refractivity contribution in [3.8, 4) is 0 Å². The Labute approximate surface area is 180 Å². The van der Waals surface area contributed by atoms with Crippen LogP contribution in [0.1, 0.15) is 61.5 Å². The average Bonchev–Trinajstić information content (AvgIpc) is 2.94. The standard InChI is InChI=1S/C26H22N2O3/c29-24(17-10-4-1-5-11-17)27-21-16-18-12-6-2-9-15-20(18)22-23(21)26(31)28(25(22)30)19-13-7-3-8-14-19/h1,3-5,7-8,10-11,13-14,16H,2,6,9,12,15H2,(H,27,29). The van der Waals surface area contributed by atoms with Crippen molar-refractivity contribution in [2.24, 2.45) is 0 Å². The number of aryl methyl sites for hydroxylation is 1. The van der Waals surface area contributed by atoms with Crippen LogP contribution >= 0.6 is 0 Å². The fraction of sp³-hybridized carbons (Fsp3) is 0.192. The fourth-order valence-corrected chi connectivity index (χ4v) is 4.55. The van der Waals surface area contributed by atoms with Crippen LogP contribution in [0.3, 0.4) is 0 Å². The predicted octanol–water partition coefficient (Wildman–Crippen LogP) is 5.01. The summed E-state index contributed by atoms with van der Waals surface area (Å²) < 4.78 is 0. The van der Waals surface area contributed by atoms with Crippen LogP contribution in [-0.4, -0.2) is 17.7 Å². The highest BCUT2D eigenvalue weighted by atomic mass is 16.2. The molecule has 3 amide bonds. The van der Waals surface area contributed by atoms with Crippen molar-refractivity contribution in [3.63, 3.8) is 0 Å². The first kappa shape index (κ1) is 19.2. The number of hydrogen-bond acceptors (Lipinski definition) is 3. The van der Waals surface area contributed by atoms with Gasteiger partial charge in [-0.2, -0.15) is 0 Å². The van der Waals surface area contributed by atoms with Crippen molar-refractivity contribution < 1.29 is 14.4 Å². The minimum absolute atomic E-state index is 0.296. The van der Waals surface area contributed by atoms with Crippen molar-refractivity contribution in [2.75, 3.05) is 10.2 Å². The summed E-state index contributed by atoms with van der Waals surface area (Å²) in [5.41, 5.74) is 4.23. The molecule has 0 radical (unpaired) electrons. The number of hydrogen-bond donors (Lipinski definition) is 1. The Hall–Kier alpha value is -3.73. The lowest BCUT2D eigenvalue weighted by atomic mass is 9.92. The minimum Gasteiger partial charge on any atom is -0.321 e. The molecule has 1 aliphatic carbocycles. The van der Waals surface area contributed by atoms with Crippen LogP contribution in [0.25, 0.3) is 0 Å². The molecule has 0 unspecified atom stereocenters. The number of anilines is 2. The van der Waals surface area contributed by atoms with Crippen LogP contribution in [-0.2, 0) is 12.8 Å². The molecule has 0 saturated carbocycles. The van der Waals surface area contributed by atoms with Gasteiger partial charge < -0.3 is 5.32 Å². The number of carbonyl (C=O) groups excluding carboxylic acids is 3. The molecule has 0 atom stereocenters. The minimum atomic E-state index is -0.387. The van der Waals surface area contributed by atoms with E-state index >= 15 is 0 Å². The first-order chi connectivity index (χ1) is 15.1. The van der Waals surface area contributed by atoms with Gasteiger partial charge in [0, 0.05) is 5.56 Å². The lowest BCUT2D eigenvalue weighted by Gasteiger charge is -2.15. The van der Waals surface area contributed by atoms with E-state index in [4.69, 9.17) is 0 Å². The van der Waals surface area contributed by atoms with Crippen LogP contribution < -0.4 is 10.2 Å². The van der Waals surface area contributed by atoms with Gasteiger partial charge in [0.2, 0.25) is 0 Å². The summed E-state index contributed by atoms with van der Waals surface area (Å²) in [4.78, 5) is 41.1. The van der Waals surface area contributed by atoms with Gasteiger partial charge in [-0.25, -0.2) is 4.90 Å². The number of nitrogens with zero attached hydrogens (tertiary/aromatic N) is 1. The van der Waals surface area contributed by atoms with Gasteiger partial charge in [0.15, 0.2) is 0 Å². The molecule has 0 saturated heterocycles. The Morgan fingerprint density at radius 2 is 1.42 bits per heavy atom. The predicted molar refractivity (Wildman–Crippen MR) is 120 cm³/mol. The molecule has 1 heterocycles. The lowest BCUT2D eigenvalue weighted by Crippen LogP contribution is -2.29. The van der Waals surface area contributed by atoms with Crippen LogP contribution in [0, 0.1) is 0 Å². The summed E-state index contributed by atoms with van der Waals surface area (Å²) in [7, 11) is 0. The van der Waals surface area contributed by atoms with E-state index in [1.54, 1.807) is 48.5 Å². The van der Waals surface area contributed by atoms with E-state index in [9.17, 15) is 14.4 Å².